The second kappa shape index (κ2) is 5.52. The molecule has 7 nitrogen and oxygen atoms in total. The molecule has 0 radical (unpaired) electrons. The number of hydrogen-bond donors (Lipinski definition) is 1. The Morgan fingerprint density at radius 3 is 2.65 bits per heavy atom. The number of rotatable bonds is 3. The number of benzene rings is 1. The molecule has 1 amide bonds. The average molecular weight is 343 g/mol. The summed E-state index contributed by atoms with van der Waals surface area (Å²) in [5.74, 6) is -0.315. The van der Waals surface area contributed by atoms with Crippen molar-refractivity contribution < 1.29 is 9.53 Å². The Morgan fingerprint density at radius 1 is 1.13 bits per heavy atom. The number of carbonyl (C=O) groups excluding carboxylic acids is 1. The number of ether oxygens (including phenoxy) is 1. The van der Waals surface area contributed by atoms with Gasteiger partial charge in [-0.05, 0) is 18.2 Å². The molecule has 0 atom stereocenters. The van der Waals surface area contributed by atoms with Crippen molar-refractivity contribution in [3.05, 3.63) is 36.4 Å². The van der Waals surface area contributed by atoms with E-state index >= 15 is 0 Å². The summed E-state index contributed by atoms with van der Waals surface area (Å²) in [5, 5.41) is 3.89. The molecule has 4 rings (SSSR count). The highest BCUT2D eigenvalue weighted by molar-refractivity contribution is 7.29. The van der Waals surface area contributed by atoms with Crippen molar-refractivity contribution in [2.75, 3.05) is 12.4 Å². The van der Waals surface area contributed by atoms with Crippen LogP contribution in [0, 0.1) is 0 Å². The van der Waals surface area contributed by atoms with E-state index in [1.54, 1.807) is 13.2 Å². The SMILES string of the molecule is COc1nc2ccc3nc(NC(=O)c4ccncn4)sc3c2s1. The molecule has 9 heteroatoms. The summed E-state index contributed by atoms with van der Waals surface area (Å²) in [4.78, 5) is 28.7. The number of nitrogens with zero attached hydrogens (tertiary/aromatic N) is 4. The number of amides is 1. The molecule has 23 heavy (non-hydrogen) atoms. The molecular formula is C14H9N5O2S2. The first kappa shape index (κ1) is 14.0. The summed E-state index contributed by atoms with van der Waals surface area (Å²) in [6.45, 7) is 0. The molecule has 0 aliphatic carbocycles. The number of aromatic nitrogens is 4. The standard InChI is InChI=1S/C14H9N5O2S2/c1-21-14-18-8-3-2-7-10(11(8)23-14)22-13(17-7)19-12(20)9-4-5-15-6-16-9/h2-6H,1H3,(H,17,19,20). The molecule has 0 aliphatic rings. The van der Waals surface area contributed by atoms with Crippen molar-refractivity contribution in [2.45, 2.75) is 0 Å². The van der Waals surface area contributed by atoms with E-state index in [0.29, 0.717) is 16.0 Å². The second-order valence-corrected chi connectivity index (χ2v) is 6.47. The number of hydrogen-bond acceptors (Lipinski definition) is 8. The first-order valence-corrected chi connectivity index (χ1v) is 8.19. The van der Waals surface area contributed by atoms with Crippen LogP contribution in [0.15, 0.2) is 30.7 Å². The average Bonchev–Trinajstić information content (AvgIpc) is 3.18. The lowest BCUT2D eigenvalue weighted by Crippen LogP contribution is -2.13. The quantitative estimate of drug-likeness (QED) is 0.615. The van der Waals surface area contributed by atoms with E-state index < -0.39 is 0 Å². The number of nitrogens with one attached hydrogen (secondary N) is 1. The minimum atomic E-state index is -0.315. The van der Waals surface area contributed by atoms with Gasteiger partial charge in [-0.3, -0.25) is 10.1 Å². The molecule has 0 saturated carbocycles. The minimum absolute atomic E-state index is 0.295. The fourth-order valence-electron chi connectivity index (χ4n) is 2.08. The first-order valence-electron chi connectivity index (χ1n) is 6.56. The topological polar surface area (TPSA) is 89.9 Å². The van der Waals surface area contributed by atoms with Gasteiger partial charge >= 0.3 is 0 Å². The summed E-state index contributed by atoms with van der Waals surface area (Å²) in [7, 11) is 1.59. The van der Waals surface area contributed by atoms with E-state index in [-0.39, 0.29) is 5.91 Å². The largest absolute Gasteiger partial charge is 0.473 e. The fraction of sp³-hybridized carbons (Fsp3) is 0.0714. The number of methoxy groups -OCH3 is 1. The molecule has 0 bridgehead atoms. The maximum absolute atomic E-state index is 12.1. The highest BCUT2D eigenvalue weighted by Gasteiger charge is 2.14. The molecule has 3 heterocycles. The maximum atomic E-state index is 12.1. The highest BCUT2D eigenvalue weighted by Crippen LogP contribution is 2.38. The Kier molecular flexibility index (Phi) is 3.36. The zero-order valence-corrected chi connectivity index (χ0v) is 13.4. The third-order valence-corrected chi connectivity index (χ3v) is 5.29. The van der Waals surface area contributed by atoms with E-state index in [9.17, 15) is 4.79 Å². The number of anilines is 1. The lowest BCUT2D eigenvalue weighted by molar-refractivity contribution is 0.102. The predicted octanol–water partition coefficient (Wildman–Crippen LogP) is 2.96. The lowest BCUT2D eigenvalue weighted by Gasteiger charge is -1.98. The van der Waals surface area contributed by atoms with Crippen molar-refractivity contribution in [3.63, 3.8) is 0 Å². The third kappa shape index (κ3) is 2.49. The molecule has 3 aromatic heterocycles. The van der Waals surface area contributed by atoms with Gasteiger partial charge in [0.05, 0.1) is 27.5 Å². The summed E-state index contributed by atoms with van der Waals surface area (Å²) in [5.41, 5.74) is 1.97. The van der Waals surface area contributed by atoms with E-state index in [4.69, 9.17) is 4.74 Å². The maximum Gasteiger partial charge on any atom is 0.276 e. The van der Waals surface area contributed by atoms with Gasteiger partial charge < -0.3 is 4.74 Å². The number of thiazole rings is 2. The molecule has 0 fully saturated rings. The molecular weight excluding hydrogens is 334 g/mol. The van der Waals surface area contributed by atoms with Crippen molar-refractivity contribution in [2.24, 2.45) is 0 Å². The Balaban J connectivity index is 1.72. The predicted molar refractivity (Wildman–Crippen MR) is 89.3 cm³/mol. The van der Waals surface area contributed by atoms with Crippen molar-refractivity contribution in [3.8, 4) is 5.19 Å². The summed E-state index contributed by atoms with van der Waals surface area (Å²) >= 11 is 2.86. The van der Waals surface area contributed by atoms with Crippen molar-refractivity contribution in [1.29, 1.82) is 0 Å². The van der Waals surface area contributed by atoms with Gasteiger partial charge in [0.25, 0.3) is 11.1 Å². The van der Waals surface area contributed by atoms with Crippen LogP contribution in [0.25, 0.3) is 20.4 Å². The van der Waals surface area contributed by atoms with Crippen molar-refractivity contribution in [1.82, 2.24) is 19.9 Å². The van der Waals surface area contributed by atoms with Crippen LogP contribution in [-0.2, 0) is 0 Å². The second-order valence-electron chi connectivity index (χ2n) is 4.51. The summed E-state index contributed by atoms with van der Waals surface area (Å²) in [6.07, 6.45) is 2.85. The highest BCUT2D eigenvalue weighted by atomic mass is 32.1. The molecule has 0 unspecified atom stereocenters. The number of fused-ring (bicyclic) bond motifs is 3. The van der Waals surface area contributed by atoms with E-state index in [0.717, 1.165) is 20.4 Å². The zero-order valence-electron chi connectivity index (χ0n) is 11.8. The minimum Gasteiger partial charge on any atom is -0.473 e. The van der Waals surface area contributed by atoms with Gasteiger partial charge in [0.1, 0.15) is 12.0 Å². The molecule has 0 saturated heterocycles. The van der Waals surface area contributed by atoms with Crippen LogP contribution in [0.3, 0.4) is 0 Å². The smallest absolute Gasteiger partial charge is 0.276 e. The Labute approximate surface area is 138 Å². The van der Waals surface area contributed by atoms with E-state index in [1.165, 1.54) is 35.2 Å². The zero-order chi connectivity index (χ0) is 15.8. The molecule has 114 valence electrons. The summed E-state index contributed by atoms with van der Waals surface area (Å²) < 4.78 is 7.16. The third-order valence-electron chi connectivity index (χ3n) is 3.10. The normalized spacial score (nSPS) is 11.0. The van der Waals surface area contributed by atoms with Gasteiger partial charge in [-0.25, -0.2) is 19.9 Å². The Hall–Kier alpha value is -2.65. The Morgan fingerprint density at radius 2 is 1.91 bits per heavy atom. The molecule has 4 aromatic rings. The fourth-order valence-corrected chi connectivity index (χ4v) is 4.04. The molecule has 0 aliphatic heterocycles. The van der Waals surface area contributed by atoms with Crippen LogP contribution >= 0.6 is 22.7 Å². The Bertz CT molecular complexity index is 1010. The van der Waals surface area contributed by atoms with Crippen LogP contribution in [0.1, 0.15) is 10.5 Å². The van der Waals surface area contributed by atoms with Gasteiger partial charge in [0.2, 0.25) is 0 Å². The van der Waals surface area contributed by atoms with Gasteiger partial charge in [-0.2, -0.15) is 0 Å². The lowest BCUT2D eigenvalue weighted by atomic mass is 10.3. The van der Waals surface area contributed by atoms with Crippen molar-refractivity contribution >= 4 is 54.1 Å². The van der Waals surface area contributed by atoms with E-state index in [2.05, 4.69) is 25.3 Å². The van der Waals surface area contributed by atoms with Crippen LogP contribution in [0.2, 0.25) is 0 Å². The van der Waals surface area contributed by atoms with Crippen LogP contribution in [0.5, 0.6) is 5.19 Å². The van der Waals surface area contributed by atoms with Crippen LogP contribution in [-0.4, -0.2) is 33.0 Å². The molecule has 1 N–H and O–H groups in total. The van der Waals surface area contributed by atoms with Gasteiger partial charge in [0, 0.05) is 6.20 Å². The summed E-state index contributed by atoms with van der Waals surface area (Å²) in [6, 6.07) is 5.33. The first-order chi connectivity index (χ1) is 11.2. The monoisotopic (exact) mass is 343 g/mol. The van der Waals surface area contributed by atoms with Gasteiger partial charge in [0.15, 0.2) is 5.13 Å². The van der Waals surface area contributed by atoms with Crippen LogP contribution < -0.4 is 10.1 Å². The number of carbonyl (C=O) groups is 1. The van der Waals surface area contributed by atoms with Gasteiger partial charge in [-0.15, -0.1) is 0 Å². The molecule has 0 spiro atoms. The molecule has 1 aromatic carbocycles. The van der Waals surface area contributed by atoms with Crippen LogP contribution in [0.4, 0.5) is 5.13 Å². The van der Waals surface area contributed by atoms with E-state index in [1.807, 2.05) is 12.1 Å². The van der Waals surface area contributed by atoms with Gasteiger partial charge in [-0.1, -0.05) is 22.7 Å².